The number of rotatable bonds is 11. The Kier molecular flexibility index (Phi) is 10.8. The summed E-state index contributed by atoms with van der Waals surface area (Å²) in [7, 11) is 0.991. The van der Waals surface area contributed by atoms with E-state index in [2.05, 4.69) is 43.9 Å². The van der Waals surface area contributed by atoms with Crippen LogP contribution in [0, 0.1) is 19.3 Å². The Labute approximate surface area is 307 Å². The van der Waals surface area contributed by atoms with Gasteiger partial charge in [0.2, 0.25) is 0 Å². The Morgan fingerprint density at radius 3 is 2.29 bits per heavy atom. The van der Waals surface area contributed by atoms with Crippen molar-refractivity contribution in [1.29, 1.82) is 0 Å². The molecule has 280 valence electrons. The van der Waals surface area contributed by atoms with Crippen molar-refractivity contribution < 1.29 is 32.2 Å². The van der Waals surface area contributed by atoms with Crippen molar-refractivity contribution in [3.63, 3.8) is 0 Å². The molecule has 1 N–H and O–H groups in total. The van der Waals surface area contributed by atoms with Crippen molar-refractivity contribution in [2.75, 3.05) is 57.8 Å². The number of carbonyl (C=O) groups is 1. The third-order valence-electron chi connectivity index (χ3n) is 10.1. The molecule has 0 bridgehead atoms. The number of amides is 1. The largest absolute Gasteiger partial charge is 0.491 e. The zero-order valence-electron chi connectivity index (χ0n) is 30.5. The van der Waals surface area contributed by atoms with E-state index in [4.69, 9.17) is 42.3 Å². The molecular weight excluding hydrogens is 726 g/mol. The van der Waals surface area contributed by atoms with Crippen LogP contribution in [0.2, 0.25) is 28.3 Å². The van der Waals surface area contributed by atoms with Crippen LogP contribution in [-0.2, 0) is 11.5 Å². The van der Waals surface area contributed by atoms with Crippen molar-refractivity contribution in [3.05, 3.63) is 39.5 Å². The van der Waals surface area contributed by atoms with Crippen molar-refractivity contribution in [3.8, 4) is 28.5 Å². The predicted octanol–water partition coefficient (Wildman–Crippen LogP) is 7.53. The molecule has 2 aliphatic rings. The first-order chi connectivity index (χ1) is 23.5. The van der Waals surface area contributed by atoms with Gasteiger partial charge in [0.05, 0.1) is 35.6 Å². The van der Waals surface area contributed by atoms with Gasteiger partial charge in [-0.15, -0.1) is 0 Å². The molecule has 1 unspecified atom stereocenters. The number of anilines is 1. The number of benzene rings is 1. The maximum atomic E-state index is 13.0. The van der Waals surface area contributed by atoms with E-state index in [1.807, 2.05) is 13.8 Å². The maximum absolute atomic E-state index is 13.0. The lowest BCUT2D eigenvalue weighted by atomic mass is 9.72. The van der Waals surface area contributed by atoms with E-state index < -0.39 is 33.2 Å². The summed E-state index contributed by atoms with van der Waals surface area (Å²) >= 11 is 13.2. The first-order valence-electron chi connectivity index (χ1n) is 16.7. The van der Waals surface area contributed by atoms with Crippen LogP contribution < -0.4 is 9.64 Å². The molecule has 1 atom stereocenters. The number of likely N-dealkylation sites (N-methyl/N-ethyl adjacent to an activating group) is 1. The number of nitrogens with zero attached hydrogens (tertiary/aromatic N) is 7. The van der Waals surface area contributed by atoms with Gasteiger partial charge < -0.3 is 24.1 Å². The summed E-state index contributed by atoms with van der Waals surface area (Å²) < 4.78 is 53.4. The van der Waals surface area contributed by atoms with Gasteiger partial charge >= 0.3 is 12.3 Å². The van der Waals surface area contributed by atoms with Crippen molar-refractivity contribution in [2.45, 2.75) is 65.0 Å². The quantitative estimate of drug-likeness (QED) is 0.198. The normalized spacial score (nSPS) is 16.9. The van der Waals surface area contributed by atoms with E-state index in [0.29, 0.717) is 70.7 Å². The average Bonchev–Trinajstić information content (AvgIpc) is 3.22. The summed E-state index contributed by atoms with van der Waals surface area (Å²) in [6, 6.07) is 5.16. The number of hydrogen-bond acceptors (Lipinski definition) is 8. The summed E-state index contributed by atoms with van der Waals surface area (Å²) in [5, 5.41) is 14.6. The number of ether oxygens (including phenoxy) is 1. The van der Waals surface area contributed by atoms with Gasteiger partial charge in [0.25, 0.3) is 0 Å². The Hall–Kier alpha value is -3.11. The molecule has 1 aromatic carbocycles. The number of aromatic nitrogens is 4. The van der Waals surface area contributed by atoms with E-state index in [-0.39, 0.29) is 23.6 Å². The van der Waals surface area contributed by atoms with E-state index in [1.165, 1.54) is 16.8 Å². The molecule has 2 aliphatic heterocycles. The lowest BCUT2D eigenvalue weighted by Crippen LogP contribution is -2.73. The second kappa shape index (κ2) is 14.0. The molecule has 17 heteroatoms. The fraction of sp³-hybridized carbons (Fsp3) is 0.588. The lowest BCUT2D eigenvalue weighted by molar-refractivity contribution is -0.172. The molecule has 4 heterocycles. The first kappa shape index (κ1) is 39.1. The second-order valence-corrected chi connectivity index (χ2v) is 21.0. The smallest absolute Gasteiger partial charge is 0.407 e. The van der Waals surface area contributed by atoms with E-state index in [0.717, 1.165) is 11.1 Å². The van der Waals surface area contributed by atoms with E-state index in [1.54, 1.807) is 29.9 Å². The van der Waals surface area contributed by atoms with Gasteiger partial charge in [0.15, 0.2) is 19.3 Å². The highest BCUT2D eigenvalue weighted by Gasteiger charge is 2.54. The Balaban J connectivity index is 1.46. The SMILES string of the molecule is Cc1c(-c2c(C)c(Cl)nn2C)nc(-c2cc(OCC(CN(C)C(=O)O)O[Si](C)(C)C(C)(C)C)ccc2Cl)nc1N1CC2(CN(CC(F)(F)F)C2)C1. The van der Waals surface area contributed by atoms with Crippen LogP contribution in [0.1, 0.15) is 31.9 Å². The molecular formula is C34H46Cl2F3N7O4Si. The summed E-state index contributed by atoms with van der Waals surface area (Å²) in [6.07, 6.45) is -5.83. The van der Waals surface area contributed by atoms with Crippen molar-refractivity contribution in [2.24, 2.45) is 12.5 Å². The molecule has 0 saturated carbocycles. The van der Waals surface area contributed by atoms with Crippen molar-refractivity contribution >= 4 is 43.4 Å². The monoisotopic (exact) mass is 771 g/mol. The van der Waals surface area contributed by atoms with Gasteiger partial charge in [0.1, 0.15) is 18.2 Å². The molecule has 2 aromatic heterocycles. The Bertz CT molecular complexity index is 1790. The van der Waals surface area contributed by atoms with Crippen LogP contribution in [0.15, 0.2) is 18.2 Å². The van der Waals surface area contributed by atoms with Crippen LogP contribution in [0.5, 0.6) is 5.75 Å². The number of hydrogen-bond donors (Lipinski definition) is 1. The fourth-order valence-electron chi connectivity index (χ4n) is 6.53. The second-order valence-electron chi connectivity index (χ2n) is 15.5. The zero-order valence-corrected chi connectivity index (χ0v) is 33.0. The number of carboxylic acid groups (broad SMARTS) is 1. The van der Waals surface area contributed by atoms with Crippen LogP contribution in [-0.4, -0.2) is 114 Å². The molecule has 1 amide bonds. The summed E-state index contributed by atoms with van der Waals surface area (Å²) in [4.78, 5) is 26.3. The minimum absolute atomic E-state index is 0.0877. The van der Waals surface area contributed by atoms with Crippen molar-refractivity contribution in [1.82, 2.24) is 29.5 Å². The third kappa shape index (κ3) is 8.43. The van der Waals surface area contributed by atoms with Crippen LogP contribution in [0.4, 0.5) is 23.8 Å². The van der Waals surface area contributed by atoms with Gasteiger partial charge in [-0.1, -0.05) is 44.0 Å². The van der Waals surface area contributed by atoms with Crippen LogP contribution in [0.3, 0.4) is 0 Å². The highest BCUT2D eigenvalue weighted by molar-refractivity contribution is 6.74. The van der Waals surface area contributed by atoms with E-state index >= 15 is 0 Å². The molecule has 2 fully saturated rings. The maximum Gasteiger partial charge on any atom is 0.407 e. The third-order valence-corrected chi connectivity index (χ3v) is 15.4. The predicted molar refractivity (Wildman–Crippen MR) is 195 cm³/mol. The molecule has 2 saturated heterocycles. The minimum atomic E-state index is -4.23. The zero-order chi connectivity index (χ0) is 37.8. The average molecular weight is 773 g/mol. The fourth-order valence-corrected chi connectivity index (χ4v) is 8.26. The number of aryl methyl sites for hydroxylation is 1. The molecule has 11 nitrogen and oxygen atoms in total. The van der Waals surface area contributed by atoms with E-state index in [9.17, 15) is 23.1 Å². The van der Waals surface area contributed by atoms with Crippen LogP contribution >= 0.6 is 23.2 Å². The lowest BCUT2D eigenvalue weighted by Gasteiger charge is -2.61. The van der Waals surface area contributed by atoms with Gasteiger partial charge in [-0.2, -0.15) is 18.3 Å². The van der Waals surface area contributed by atoms with Gasteiger partial charge in [-0.05, 0) is 50.2 Å². The molecule has 51 heavy (non-hydrogen) atoms. The minimum Gasteiger partial charge on any atom is -0.491 e. The highest BCUT2D eigenvalue weighted by Crippen LogP contribution is 2.45. The summed E-state index contributed by atoms with van der Waals surface area (Å²) in [6.45, 7) is 15.5. The number of likely N-dealkylation sites (tertiary alicyclic amines) is 1. The standard InChI is InChI=1S/C34H46Cl2F3N7O4Si/c1-20-26(27-21(2)28(36)42-44(27)7)40-29(41-30(20)46-17-33(18-46)15-45(16-33)19-34(37,38)39)24-12-22(10-11-25(24)35)49-14-23(13-43(6)31(47)48)50-51(8,9)32(3,4)5/h10-12,23H,13-19H2,1-9H3,(H,47,48). The topological polar surface area (TPSA) is 109 Å². The van der Waals surface area contributed by atoms with Crippen LogP contribution in [0.25, 0.3) is 22.8 Å². The van der Waals surface area contributed by atoms with Gasteiger partial charge in [-0.25, -0.2) is 14.8 Å². The number of halogens is 5. The summed E-state index contributed by atoms with van der Waals surface area (Å²) in [5.41, 5.74) is 3.10. The number of alkyl halides is 3. The molecule has 3 aromatic rings. The Morgan fingerprint density at radius 1 is 1.10 bits per heavy atom. The van der Waals surface area contributed by atoms with Gasteiger partial charge in [0, 0.05) is 62.4 Å². The first-order valence-corrected chi connectivity index (χ1v) is 20.3. The highest BCUT2D eigenvalue weighted by atomic mass is 35.5. The Morgan fingerprint density at radius 2 is 1.75 bits per heavy atom. The molecule has 0 radical (unpaired) electrons. The molecule has 0 aliphatic carbocycles. The molecule has 5 rings (SSSR count). The molecule has 1 spiro atoms. The summed E-state index contributed by atoms with van der Waals surface area (Å²) in [5.74, 6) is 1.43. The van der Waals surface area contributed by atoms with Gasteiger partial charge in [-0.3, -0.25) is 9.58 Å².